The van der Waals surface area contributed by atoms with Crippen molar-refractivity contribution in [3.05, 3.63) is 62.5 Å². The lowest BCUT2D eigenvalue weighted by molar-refractivity contribution is 0.849. The Kier molecular flexibility index (Phi) is 5.16. The van der Waals surface area contributed by atoms with Crippen LogP contribution in [-0.2, 0) is 5.75 Å². The minimum atomic E-state index is 0.486. The second kappa shape index (κ2) is 7.13. The molecule has 0 unspecified atom stereocenters. The monoisotopic (exact) mass is 428 g/mol. The fraction of sp³-hybridized carbons (Fsp3) is 0.0667. The summed E-state index contributed by atoms with van der Waals surface area (Å²) >= 11 is 17.1. The van der Waals surface area contributed by atoms with Crippen LogP contribution in [0.5, 0.6) is 0 Å². The summed E-state index contributed by atoms with van der Waals surface area (Å²) in [6.07, 6.45) is 0. The van der Waals surface area contributed by atoms with Gasteiger partial charge in [0.25, 0.3) is 0 Å². The molecule has 1 aromatic heterocycles. The van der Waals surface area contributed by atoms with E-state index < -0.39 is 0 Å². The molecule has 0 bridgehead atoms. The van der Waals surface area contributed by atoms with E-state index in [1.807, 2.05) is 18.2 Å². The van der Waals surface area contributed by atoms with E-state index in [0.717, 1.165) is 10.2 Å². The topological polar surface area (TPSA) is 56.7 Å². The summed E-state index contributed by atoms with van der Waals surface area (Å²) in [5.74, 6) is 7.35. The Balaban J connectivity index is 1.82. The molecule has 3 rings (SSSR count). The normalized spacial score (nSPS) is 10.9. The van der Waals surface area contributed by atoms with Crippen molar-refractivity contribution < 1.29 is 0 Å². The van der Waals surface area contributed by atoms with Gasteiger partial charge in [-0.3, -0.25) is 0 Å². The van der Waals surface area contributed by atoms with Crippen LogP contribution in [0.15, 0.2) is 52.1 Å². The van der Waals surface area contributed by atoms with E-state index in [1.54, 1.807) is 18.2 Å². The maximum absolute atomic E-state index is 6.20. The summed E-state index contributed by atoms with van der Waals surface area (Å²) in [6.45, 7) is 0. The Labute approximate surface area is 156 Å². The van der Waals surface area contributed by atoms with Crippen molar-refractivity contribution in [2.75, 3.05) is 5.84 Å². The van der Waals surface area contributed by atoms with Gasteiger partial charge in [0.2, 0.25) is 5.16 Å². The molecule has 23 heavy (non-hydrogen) atoms. The van der Waals surface area contributed by atoms with Crippen LogP contribution in [0.1, 0.15) is 5.56 Å². The average Bonchev–Trinajstić information content (AvgIpc) is 2.86. The minimum Gasteiger partial charge on any atom is -0.335 e. The Morgan fingerprint density at radius 2 is 1.96 bits per heavy atom. The number of nitrogens with two attached hydrogens (primary N) is 1. The van der Waals surface area contributed by atoms with Crippen LogP contribution in [0.4, 0.5) is 0 Å². The van der Waals surface area contributed by atoms with Crippen LogP contribution in [0.25, 0.3) is 11.4 Å². The molecular formula is C15H11BrCl2N4S. The van der Waals surface area contributed by atoms with Crippen LogP contribution in [0.3, 0.4) is 0 Å². The standard InChI is InChI=1S/C15H11BrCl2N4S/c16-10-3-1-2-9(6-10)8-23-15-21-20-14(22(15)19)12-5-4-11(17)7-13(12)18/h1-7H,8,19H2. The number of nitrogen functional groups attached to an aromatic ring is 1. The molecule has 1 heterocycles. The molecule has 0 amide bonds. The molecule has 0 fully saturated rings. The molecule has 118 valence electrons. The number of rotatable bonds is 4. The number of halogens is 3. The molecular weight excluding hydrogens is 419 g/mol. The number of benzene rings is 2. The van der Waals surface area contributed by atoms with Gasteiger partial charge in [0.15, 0.2) is 5.82 Å². The highest BCUT2D eigenvalue weighted by atomic mass is 79.9. The molecule has 0 aliphatic carbocycles. The van der Waals surface area contributed by atoms with Gasteiger partial charge >= 0.3 is 0 Å². The summed E-state index contributed by atoms with van der Waals surface area (Å²) in [4.78, 5) is 0. The molecule has 8 heteroatoms. The number of nitrogens with zero attached hydrogens (tertiary/aromatic N) is 3. The third-order valence-electron chi connectivity index (χ3n) is 3.09. The van der Waals surface area contributed by atoms with Crippen molar-refractivity contribution >= 4 is 50.9 Å². The van der Waals surface area contributed by atoms with Gasteiger partial charge in [-0.1, -0.05) is 63.0 Å². The predicted molar refractivity (Wildman–Crippen MR) is 99.3 cm³/mol. The molecule has 3 aromatic rings. The Morgan fingerprint density at radius 3 is 2.70 bits per heavy atom. The van der Waals surface area contributed by atoms with Crippen molar-refractivity contribution in [2.45, 2.75) is 10.9 Å². The highest BCUT2D eigenvalue weighted by Gasteiger charge is 2.15. The van der Waals surface area contributed by atoms with Crippen molar-refractivity contribution in [1.29, 1.82) is 0 Å². The van der Waals surface area contributed by atoms with Crippen LogP contribution >= 0.6 is 50.9 Å². The molecule has 2 N–H and O–H groups in total. The number of hydrogen-bond donors (Lipinski definition) is 1. The molecule has 0 aliphatic heterocycles. The van der Waals surface area contributed by atoms with Crippen LogP contribution in [-0.4, -0.2) is 14.9 Å². The van der Waals surface area contributed by atoms with Gasteiger partial charge in [0.05, 0.1) is 5.02 Å². The van der Waals surface area contributed by atoms with E-state index in [1.165, 1.54) is 22.0 Å². The first-order chi connectivity index (χ1) is 11.0. The largest absolute Gasteiger partial charge is 0.335 e. The number of aromatic nitrogens is 3. The molecule has 0 spiro atoms. The fourth-order valence-corrected chi connectivity index (χ4v) is 3.74. The summed E-state index contributed by atoms with van der Waals surface area (Å²) < 4.78 is 2.48. The lowest BCUT2D eigenvalue weighted by atomic mass is 10.2. The lowest BCUT2D eigenvalue weighted by Gasteiger charge is -2.06. The third kappa shape index (κ3) is 3.83. The van der Waals surface area contributed by atoms with Crippen LogP contribution in [0, 0.1) is 0 Å². The fourth-order valence-electron chi connectivity index (χ4n) is 2.00. The summed E-state index contributed by atoms with van der Waals surface area (Å²) in [5.41, 5.74) is 1.86. The summed E-state index contributed by atoms with van der Waals surface area (Å²) in [7, 11) is 0. The summed E-state index contributed by atoms with van der Waals surface area (Å²) in [6, 6.07) is 13.3. The van der Waals surface area contributed by atoms with Gasteiger partial charge < -0.3 is 5.84 Å². The van der Waals surface area contributed by atoms with E-state index in [4.69, 9.17) is 29.0 Å². The van der Waals surface area contributed by atoms with Gasteiger partial charge in [-0.2, -0.15) is 0 Å². The molecule has 0 saturated heterocycles. The molecule has 0 saturated carbocycles. The van der Waals surface area contributed by atoms with E-state index in [-0.39, 0.29) is 0 Å². The zero-order valence-electron chi connectivity index (χ0n) is 11.7. The van der Waals surface area contributed by atoms with E-state index in [2.05, 4.69) is 32.2 Å². The maximum Gasteiger partial charge on any atom is 0.210 e. The van der Waals surface area contributed by atoms with Gasteiger partial charge in [0, 0.05) is 20.8 Å². The first-order valence-corrected chi connectivity index (χ1v) is 9.11. The second-order valence-corrected chi connectivity index (χ2v) is 7.42. The predicted octanol–water partition coefficient (Wildman–Crippen LogP) is 5.02. The first kappa shape index (κ1) is 16.6. The first-order valence-electron chi connectivity index (χ1n) is 6.58. The third-order valence-corrected chi connectivity index (χ3v) is 5.15. The zero-order chi connectivity index (χ0) is 16.4. The van der Waals surface area contributed by atoms with Gasteiger partial charge in [-0.15, -0.1) is 10.2 Å². The van der Waals surface area contributed by atoms with Crippen molar-refractivity contribution in [3.63, 3.8) is 0 Å². The average molecular weight is 430 g/mol. The van der Waals surface area contributed by atoms with Gasteiger partial charge in [-0.05, 0) is 35.9 Å². The smallest absolute Gasteiger partial charge is 0.210 e. The molecule has 0 aliphatic rings. The molecule has 0 radical (unpaired) electrons. The zero-order valence-corrected chi connectivity index (χ0v) is 15.6. The lowest BCUT2D eigenvalue weighted by Crippen LogP contribution is -2.11. The maximum atomic E-state index is 6.20. The minimum absolute atomic E-state index is 0.486. The van der Waals surface area contributed by atoms with Gasteiger partial charge in [0.1, 0.15) is 0 Å². The molecule has 2 aromatic carbocycles. The molecule has 0 atom stereocenters. The Hall–Kier alpha value is -1.21. The highest BCUT2D eigenvalue weighted by Crippen LogP contribution is 2.31. The number of hydrogen-bond acceptors (Lipinski definition) is 4. The molecule has 4 nitrogen and oxygen atoms in total. The van der Waals surface area contributed by atoms with Crippen LogP contribution in [0.2, 0.25) is 10.0 Å². The SMILES string of the molecule is Nn1c(SCc2cccc(Br)c2)nnc1-c1ccc(Cl)cc1Cl. The van der Waals surface area contributed by atoms with Gasteiger partial charge in [-0.25, -0.2) is 4.68 Å². The van der Waals surface area contributed by atoms with Crippen molar-refractivity contribution in [1.82, 2.24) is 14.9 Å². The number of thioether (sulfide) groups is 1. The quantitative estimate of drug-likeness (QED) is 0.467. The van der Waals surface area contributed by atoms with E-state index in [0.29, 0.717) is 26.6 Å². The highest BCUT2D eigenvalue weighted by molar-refractivity contribution is 9.10. The van der Waals surface area contributed by atoms with E-state index in [9.17, 15) is 0 Å². The Bertz CT molecular complexity index is 853. The summed E-state index contributed by atoms with van der Waals surface area (Å²) in [5, 5.41) is 9.94. The second-order valence-electron chi connectivity index (χ2n) is 4.72. The van der Waals surface area contributed by atoms with Crippen LogP contribution < -0.4 is 5.84 Å². The van der Waals surface area contributed by atoms with E-state index >= 15 is 0 Å². The van der Waals surface area contributed by atoms with Crippen molar-refractivity contribution in [3.8, 4) is 11.4 Å². The van der Waals surface area contributed by atoms with Crippen molar-refractivity contribution in [2.24, 2.45) is 0 Å². The Morgan fingerprint density at radius 1 is 1.13 bits per heavy atom.